The minimum atomic E-state index is 0.178. The van der Waals surface area contributed by atoms with Gasteiger partial charge in [-0.3, -0.25) is 4.79 Å². The van der Waals surface area contributed by atoms with E-state index in [1.54, 1.807) is 6.92 Å². The molecule has 1 saturated heterocycles. The molecule has 78 valence electrons. The van der Waals surface area contributed by atoms with Gasteiger partial charge in [-0.15, -0.1) is 0 Å². The number of carbonyl (C=O) groups excluding carboxylic acids is 1. The predicted molar refractivity (Wildman–Crippen MR) is 58.1 cm³/mol. The summed E-state index contributed by atoms with van der Waals surface area (Å²) in [5.41, 5.74) is 9.14. The van der Waals surface area contributed by atoms with Gasteiger partial charge in [0.1, 0.15) is 0 Å². The van der Waals surface area contributed by atoms with Crippen LogP contribution in [0, 0.1) is 0 Å². The first-order chi connectivity index (χ1) is 7.18. The summed E-state index contributed by atoms with van der Waals surface area (Å²) < 4.78 is 0. The van der Waals surface area contributed by atoms with Crippen molar-refractivity contribution in [3.8, 4) is 0 Å². The van der Waals surface area contributed by atoms with Gasteiger partial charge < -0.3 is 10.6 Å². The van der Waals surface area contributed by atoms with Crippen molar-refractivity contribution in [2.24, 2.45) is 0 Å². The van der Waals surface area contributed by atoms with Crippen LogP contribution in [-0.4, -0.2) is 10.8 Å². The molecule has 0 aromatic heterocycles. The third-order valence-electron chi connectivity index (χ3n) is 3.58. The molecule has 0 radical (unpaired) electrons. The Morgan fingerprint density at radius 1 is 1.33 bits per heavy atom. The zero-order chi connectivity index (χ0) is 10.6. The fraction of sp³-hybridized carbons (Fsp3) is 0.417. The van der Waals surface area contributed by atoms with Gasteiger partial charge in [0, 0.05) is 12.6 Å². The van der Waals surface area contributed by atoms with E-state index in [0.717, 1.165) is 18.5 Å². The van der Waals surface area contributed by atoms with Gasteiger partial charge in [-0.2, -0.15) is 0 Å². The Morgan fingerprint density at radius 3 is 2.67 bits per heavy atom. The van der Waals surface area contributed by atoms with Crippen LogP contribution in [0.15, 0.2) is 18.2 Å². The van der Waals surface area contributed by atoms with Gasteiger partial charge in [-0.05, 0) is 36.1 Å². The van der Waals surface area contributed by atoms with Crippen molar-refractivity contribution in [3.05, 3.63) is 29.3 Å². The first-order valence-electron chi connectivity index (χ1n) is 5.36. The van der Waals surface area contributed by atoms with Crippen molar-refractivity contribution in [1.82, 2.24) is 4.90 Å². The fourth-order valence-electron chi connectivity index (χ4n) is 3.05. The Balaban J connectivity index is 2.13. The average molecular weight is 202 g/mol. The molecule has 1 aromatic carbocycles. The summed E-state index contributed by atoms with van der Waals surface area (Å²) in [6, 6.07) is 6.62. The minimum absolute atomic E-state index is 0.178. The van der Waals surface area contributed by atoms with Crippen molar-refractivity contribution >= 4 is 11.6 Å². The first kappa shape index (κ1) is 8.77. The molecule has 0 spiro atoms. The molecule has 3 rings (SSSR count). The fourth-order valence-corrected chi connectivity index (χ4v) is 3.05. The molecule has 2 atom stereocenters. The second-order valence-corrected chi connectivity index (χ2v) is 4.42. The van der Waals surface area contributed by atoms with Crippen LogP contribution in [-0.2, 0) is 4.79 Å². The summed E-state index contributed by atoms with van der Waals surface area (Å²) in [5, 5.41) is 0. The molecule has 0 unspecified atom stereocenters. The molecule has 1 aromatic rings. The van der Waals surface area contributed by atoms with E-state index in [9.17, 15) is 4.79 Å². The lowest BCUT2D eigenvalue weighted by Crippen LogP contribution is -2.24. The van der Waals surface area contributed by atoms with E-state index in [4.69, 9.17) is 5.73 Å². The summed E-state index contributed by atoms with van der Waals surface area (Å²) >= 11 is 0. The average Bonchev–Trinajstić information content (AvgIpc) is 2.72. The van der Waals surface area contributed by atoms with Crippen LogP contribution < -0.4 is 5.73 Å². The number of nitrogens with zero attached hydrogens (tertiary/aromatic N) is 1. The summed E-state index contributed by atoms with van der Waals surface area (Å²) in [6.07, 6.45) is 2.18. The van der Waals surface area contributed by atoms with Crippen molar-refractivity contribution in [1.29, 1.82) is 0 Å². The smallest absolute Gasteiger partial charge is 0.220 e. The van der Waals surface area contributed by atoms with Crippen LogP contribution in [0.2, 0.25) is 0 Å². The van der Waals surface area contributed by atoms with Gasteiger partial charge in [0.05, 0.1) is 12.1 Å². The molecule has 1 fully saturated rings. The van der Waals surface area contributed by atoms with E-state index in [1.807, 2.05) is 17.0 Å². The molecule has 2 bridgehead atoms. The molecule has 3 nitrogen and oxygen atoms in total. The van der Waals surface area contributed by atoms with Gasteiger partial charge in [-0.1, -0.05) is 6.07 Å². The summed E-state index contributed by atoms with van der Waals surface area (Å²) in [5.74, 6) is 0.178. The third kappa shape index (κ3) is 1.03. The summed E-state index contributed by atoms with van der Waals surface area (Å²) in [6.45, 7) is 1.65. The highest BCUT2D eigenvalue weighted by atomic mass is 16.2. The van der Waals surface area contributed by atoms with Crippen molar-refractivity contribution in [2.45, 2.75) is 31.8 Å². The monoisotopic (exact) mass is 202 g/mol. The molecule has 2 heterocycles. The van der Waals surface area contributed by atoms with E-state index < -0.39 is 0 Å². The molecule has 3 heteroatoms. The molecule has 2 aliphatic heterocycles. The maximum absolute atomic E-state index is 11.6. The quantitative estimate of drug-likeness (QED) is 0.654. The first-order valence-corrected chi connectivity index (χ1v) is 5.36. The zero-order valence-corrected chi connectivity index (χ0v) is 8.73. The number of hydrogen-bond donors (Lipinski definition) is 1. The minimum Gasteiger partial charge on any atom is -0.399 e. The number of hydrogen-bond acceptors (Lipinski definition) is 2. The SMILES string of the molecule is CC(=O)N1[C@@H]2CC[C@H]1c1ccc(N)cc12. The predicted octanol–water partition coefficient (Wildman–Crippen LogP) is 2.01. The molecular weight excluding hydrogens is 188 g/mol. The van der Waals surface area contributed by atoms with Gasteiger partial charge >= 0.3 is 0 Å². The van der Waals surface area contributed by atoms with Crippen LogP contribution in [0.5, 0.6) is 0 Å². The zero-order valence-electron chi connectivity index (χ0n) is 8.73. The van der Waals surface area contributed by atoms with Gasteiger partial charge in [0.15, 0.2) is 0 Å². The highest BCUT2D eigenvalue weighted by Gasteiger charge is 2.44. The van der Waals surface area contributed by atoms with Crippen molar-refractivity contribution < 1.29 is 4.79 Å². The van der Waals surface area contributed by atoms with E-state index in [-0.39, 0.29) is 11.9 Å². The Bertz CT molecular complexity index is 441. The third-order valence-corrected chi connectivity index (χ3v) is 3.58. The standard InChI is InChI=1S/C12H14N2O/c1-7(15)14-11-4-5-12(14)10-6-8(13)2-3-9(10)11/h2-3,6,11-12H,4-5,13H2,1H3/t11-,12+/m0/s1. The van der Waals surface area contributed by atoms with E-state index in [0.29, 0.717) is 6.04 Å². The number of benzene rings is 1. The van der Waals surface area contributed by atoms with Crippen LogP contribution in [0.1, 0.15) is 43.0 Å². The van der Waals surface area contributed by atoms with Crippen LogP contribution in [0.3, 0.4) is 0 Å². The van der Waals surface area contributed by atoms with E-state index in [2.05, 4.69) is 6.07 Å². The van der Waals surface area contributed by atoms with E-state index >= 15 is 0 Å². The maximum Gasteiger partial charge on any atom is 0.220 e. The number of anilines is 1. The number of fused-ring (bicyclic) bond motifs is 5. The molecule has 1 amide bonds. The second-order valence-electron chi connectivity index (χ2n) is 4.42. The molecular formula is C12H14N2O. The Morgan fingerprint density at radius 2 is 2.00 bits per heavy atom. The lowest BCUT2D eigenvalue weighted by atomic mass is 9.91. The molecule has 2 N–H and O–H groups in total. The van der Waals surface area contributed by atoms with Gasteiger partial charge in [-0.25, -0.2) is 0 Å². The highest BCUT2D eigenvalue weighted by molar-refractivity contribution is 5.76. The number of rotatable bonds is 0. The lowest BCUT2D eigenvalue weighted by Gasteiger charge is -2.20. The molecule has 2 aliphatic rings. The Labute approximate surface area is 88.9 Å². The largest absolute Gasteiger partial charge is 0.399 e. The summed E-state index contributed by atoms with van der Waals surface area (Å²) in [4.78, 5) is 13.6. The number of amides is 1. The maximum atomic E-state index is 11.6. The van der Waals surface area contributed by atoms with Gasteiger partial charge in [0.25, 0.3) is 0 Å². The number of nitrogen functional groups attached to an aromatic ring is 1. The lowest BCUT2D eigenvalue weighted by molar-refractivity contribution is -0.131. The second kappa shape index (κ2) is 2.75. The Hall–Kier alpha value is -1.51. The van der Waals surface area contributed by atoms with Crippen LogP contribution >= 0.6 is 0 Å². The number of nitrogens with two attached hydrogens (primary N) is 1. The van der Waals surface area contributed by atoms with E-state index in [1.165, 1.54) is 11.1 Å². The Kier molecular flexibility index (Phi) is 1.61. The van der Waals surface area contributed by atoms with Gasteiger partial charge in [0.2, 0.25) is 5.91 Å². The molecule has 15 heavy (non-hydrogen) atoms. The van der Waals surface area contributed by atoms with Crippen molar-refractivity contribution in [2.75, 3.05) is 5.73 Å². The summed E-state index contributed by atoms with van der Waals surface area (Å²) in [7, 11) is 0. The van der Waals surface area contributed by atoms with Crippen LogP contribution in [0.25, 0.3) is 0 Å². The normalized spacial score (nSPS) is 26.9. The highest BCUT2D eigenvalue weighted by Crippen LogP contribution is 2.53. The van der Waals surface area contributed by atoms with Crippen LogP contribution in [0.4, 0.5) is 5.69 Å². The number of carbonyl (C=O) groups is 1. The molecule has 0 aliphatic carbocycles. The molecule has 0 saturated carbocycles. The van der Waals surface area contributed by atoms with Crippen molar-refractivity contribution in [3.63, 3.8) is 0 Å². The topological polar surface area (TPSA) is 46.3 Å².